The lowest BCUT2D eigenvalue weighted by molar-refractivity contribution is -0.0415. The maximum atomic E-state index is 5.85. The maximum Gasteiger partial charge on any atom is 0.170 e. The van der Waals surface area contributed by atoms with E-state index in [0.29, 0.717) is 0 Å². The van der Waals surface area contributed by atoms with Crippen molar-refractivity contribution < 1.29 is 4.74 Å². The summed E-state index contributed by atoms with van der Waals surface area (Å²) < 4.78 is 7.73. The number of hydrogen-bond donors (Lipinski definition) is 0. The minimum absolute atomic E-state index is 0.235. The number of benzene rings is 1. The molecule has 2 aromatic rings. The first-order valence-corrected chi connectivity index (χ1v) is 8.37. The maximum absolute atomic E-state index is 5.85. The van der Waals surface area contributed by atoms with Gasteiger partial charge in [-0.1, -0.05) is 18.2 Å². The third kappa shape index (κ3) is 3.80. The van der Waals surface area contributed by atoms with Crippen molar-refractivity contribution in [1.29, 1.82) is 0 Å². The van der Waals surface area contributed by atoms with E-state index in [0.717, 1.165) is 44.3 Å². The molecule has 0 N–H and O–H groups in total. The Morgan fingerprint density at radius 3 is 2.71 bits per heavy atom. The molecule has 1 unspecified atom stereocenters. The van der Waals surface area contributed by atoms with Crippen molar-refractivity contribution in [3.05, 3.63) is 35.2 Å². The molecule has 1 aromatic carbocycles. The molecule has 7 heteroatoms. The van der Waals surface area contributed by atoms with Crippen molar-refractivity contribution in [1.82, 2.24) is 30.0 Å². The van der Waals surface area contributed by atoms with Crippen molar-refractivity contribution in [2.75, 3.05) is 40.3 Å². The monoisotopic (exact) mass is 330 g/mol. The van der Waals surface area contributed by atoms with Crippen LogP contribution in [-0.2, 0) is 11.3 Å². The van der Waals surface area contributed by atoms with Crippen molar-refractivity contribution in [3.63, 3.8) is 0 Å². The van der Waals surface area contributed by atoms with Gasteiger partial charge in [0.05, 0.1) is 24.9 Å². The van der Waals surface area contributed by atoms with Gasteiger partial charge in [0.1, 0.15) is 0 Å². The zero-order valence-corrected chi connectivity index (χ0v) is 14.9. The minimum atomic E-state index is 0.235. The van der Waals surface area contributed by atoms with E-state index in [1.807, 2.05) is 4.68 Å². The predicted molar refractivity (Wildman–Crippen MR) is 92.2 cm³/mol. The molecule has 2 heterocycles. The van der Waals surface area contributed by atoms with Gasteiger partial charge >= 0.3 is 0 Å². The highest BCUT2D eigenvalue weighted by atomic mass is 16.5. The molecule has 0 amide bonds. The molecule has 24 heavy (non-hydrogen) atoms. The quantitative estimate of drug-likeness (QED) is 0.816. The first-order chi connectivity index (χ1) is 11.5. The molecule has 1 saturated heterocycles. The molecule has 7 nitrogen and oxygen atoms in total. The SMILES string of the molecule is Cc1cccc(C)c1-n1nnnc1CN1CCOC(CN(C)C)C1. The van der Waals surface area contributed by atoms with E-state index in [2.05, 4.69) is 71.5 Å². The third-order valence-corrected chi connectivity index (χ3v) is 4.34. The number of ether oxygens (including phenoxy) is 1. The summed E-state index contributed by atoms with van der Waals surface area (Å²) in [6.45, 7) is 8.41. The molecule has 3 rings (SSSR count). The highest BCUT2D eigenvalue weighted by molar-refractivity contribution is 5.46. The van der Waals surface area contributed by atoms with Crippen LogP contribution in [0.25, 0.3) is 5.69 Å². The zero-order valence-electron chi connectivity index (χ0n) is 14.9. The molecular formula is C17H26N6O. The first-order valence-electron chi connectivity index (χ1n) is 8.37. The Morgan fingerprint density at radius 2 is 2.00 bits per heavy atom. The van der Waals surface area contributed by atoms with Gasteiger partial charge in [-0.2, -0.15) is 4.68 Å². The molecule has 1 fully saturated rings. The Labute approximate surface area is 143 Å². The second-order valence-corrected chi connectivity index (χ2v) is 6.74. The number of nitrogens with zero attached hydrogens (tertiary/aromatic N) is 6. The van der Waals surface area contributed by atoms with Crippen LogP contribution in [0.4, 0.5) is 0 Å². The van der Waals surface area contributed by atoms with Gasteiger partial charge in [0.25, 0.3) is 0 Å². The highest BCUT2D eigenvalue weighted by Crippen LogP contribution is 2.19. The Morgan fingerprint density at radius 1 is 1.25 bits per heavy atom. The molecule has 1 atom stereocenters. The molecule has 1 aliphatic heterocycles. The fraction of sp³-hybridized carbons (Fsp3) is 0.588. The van der Waals surface area contributed by atoms with E-state index >= 15 is 0 Å². The summed E-state index contributed by atoms with van der Waals surface area (Å²) in [5.74, 6) is 0.873. The molecule has 0 saturated carbocycles. The largest absolute Gasteiger partial charge is 0.374 e. The van der Waals surface area contributed by atoms with Crippen molar-refractivity contribution in [3.8, 4) is 5.69 Å². The molecule has 130 valence electrons. The molecule has 0 spiro atoms. The Balaban J connectivity index is 1.76. The number of tetrazole rings is 1. The van der Waals surface area contributed by atoms with Crippen LogP contribution in [0.5, 0.6) is 0 Å². The van der Waals surface area contributed by atoms with E-state index in [1.54, 1.807) is 0 Å². The number of aryl methyl sites for hydroxylation is 2. The average molecular weight is 330 g/mol. The van der Waals surface area contributed by atoms with Gasteiger partial charge in [-0.3, -0.25) is 4.90 Å². The lowest BCUT2D eigenvalue weighted by atomic mass is 10.1. The van der Waals surface area contributed by atoms with Crippen LogP contribution in [0.1, 0.15) is 17.0 Å². The van der Waals surface area contributed by atoms with E-state index < -0.39 is 0 Å². The highest BCUT2D eigenvalue weighted by Gasteiger charge is 2.23. The van der Waals surface area contributed by atoms with Gasteiger partial charge in [0, 0.05) is 19.6 Å². The Kier molecular flexibility index (Phi) is 5.23. The summed E-state index contributed by atoms with van der Waals surface area (Å²) in [5, 5.41) is 12.4. The van der Waals surface area contributed by atoms with Crippen LogP contribution in [0.2, 0.25) is 0 Å². The zero-order chi connectivity index (χ0) is 17.1. The number of hydrogen-bond acceptors (Lipinski definition) is 6. The summed E-state index contributed by atoms with van der Waals surface area (Å²) in [6.07, 6.45) is 0.235. The minimum Gasteiger partial charge on any atom is -0.374 e. The van der Waals surface area contributed by atoms with Crippen LogP contribution in [-0.4, -0.2) is 76.4 Å². The fourth-order valence-corrected chi connectivity index (χ4v) is 3.26. The lowest BCUT2D eigenvalue weighted by Crippen LogP contribution is -2.46. The first kappa shape index (κ1) is 17.0. The summed E-state index contributed by atoms with van der Waals surface area (Å²) in [5.41, 5.74) is 3.43. The summed E-state index contributed by atoms with van der Waals surface area (Å²) in [4.78, 5) is 4.53. The van der Waals surface area contributed by atoms with Gasteiger partial charge in [-0.15, -0.1) is 5.10 Å². The van der Waals surface area contributed by atoms with Crippen LogP contribution < -0.4 is 0 Å². The van der Waals surface area contributed by atoms with E-state index in [4.69, 9.17) is 4.74 Å². The van der Waals surface area contributed by atoms with Crippen LogP contribution in [0, 0.1) is 13.8 Å². The second-order valence-electron chi connectivity index (χ2n) is 6.74. The molecule has 0 radical (unpaired) electrons. The number of para-hydroxylation sites is 1. The van der Waals surface area contributed by atoms with Gasteiger partial charge in [-0.05, 0) is 49.5 Å². The summed E-state index contributed by atoms with van der Waals surface area (Å²) in [6, 6.07) is 6.25. The van der Waals surface area contributed by atoms with Crippen LogP contribution in [0.3, 0.4) is 0 Å². The van der Waals surface area contributed by atoms with Crippen molar-refractivity contribution >= 4 is 0 Å². The van der Waals surface area contributed by atoms with E-state index in [-0.39, 0.29) is 6.10 Å². The van der Waals surface area contributed by atoms with Gasteiger partial charge in [0.15, 0.2) is 5.82 Å². The van der Waals surface area contributed by atoms with Crippen molar-refractivity contribution in [2.24, 2.45) is 0 Å². The van der Waals surface area contributed by atoms with Gasteiger partial charge in [-0.25, -0.2) is 0 Å². The lowest BCUT2D eigenvalue weighted by Gasteiger charge is -2.33. The number of rotatable bonds is 5. The van der Waals surface area contributed by atoms with Gasteiger partial charge < -0.3 is 9.64 Å². The van der Waals surface area contributed by atoms with Gasteiger partial charge in [0.2, 0.25) is 0 Å². The third-order valence-electron chi connectivity index (χ3n) is 4.34. The molecule has 0 bridgehead atoms. The number of likely N-dealkylation sites (N-methyl/N-ethyl adjacent to an activating group) is 1. The van der Waals surface area contributed by atoms with E-state index in [9.17, 15) is 0 Å². The predicted octanol–water partition coefficient (Wildman–Crippen LogP) is 1.04. The Hall–Kier alpha value is -1.83. The number of aromatic nitrogens is 4. The standard InChI is InChI=1S/C17H26N6O/c1-13-6-5-7-14(2)17(13)23-16(18-19-20-23)12-22-8-9-24-15(11-22)10-21(3)4/h5-7,15H,8-12H2,1-4H3. The summed E-state index contributed by atoms with van der Waals surface area (Å²) in [7, 11) is 4.15. The Bertz CT molecular complexity index is 663. The molecule has 1 aromatic heterocycles. The average Bonchev–Trinajstić information content (AvgIpc) is 2.95. The molecule has 0 aliphatic carbocycles. The van der Waals surface area contributed by atoms with Crippen molar-refractivity contribution in [2.45, 2.75) is 26.5 Å². The van der Waals surface area contributed by atoms with Crippen LogP contribution >= 0.6 is 0 Å². The normalized spacial score (nSPS) is 19.1. The summed E-state index contributed by atoms with van der Waals surface area (Å²) >= 11 is 0. The topological polar surface area (TPSA) is 59.3 Å². The second kappa shape index (κ2) is 7.38. The fourth-order valence-electron chi connectivity index (χ4n) is 3.26. The van der Waals surface area contributed by atoms with E-state index in [1.165, 1.54) is 11.1 Å². The van der Waals surface area contributed by atoms with Crippen LogP contribution in [0.15, 0.2) is 18.2 Å². The smallest absolute Gasteiger partial charge is 0.170 e. The molecule has 1 aliphatic rings. The number of morpholine rings is 1. The molecular weight excluding hydrogens is 304 g/mol.